The third-order valence-electron chi connectivity index (χ3n) is 2.91. The molecule has 1 N–H and O–H groups in total. The first kappa shape index (κ1) is 14.7. The Morgan fingerprint density at radius 1 is 1.56 bits per heavy atom. The van der Waals surface area contributed by atoms with Gasteiger partial charge in [0.25, 0.3) is 0 Å². The van der Waals surface area contributed by atoms with Crippen molar-refractivity contribution in [1.82, 2.24) is 15.1 Å². The molecule has 1 atom stereocenters. The minimum absolute atomic E-state index is 0.191. The van der Waals surface area contributed by atoms with Crippen LogP contribution in [0.4, 0.5) is 0 Å². The van der Waals surface area contributed by atoms with Crippen LogP contribution in [0.15, 0.2) is 6.20 Å². The van der Waals surface area contributed by atoms with Gasteiger partial charge in [0.2, 0.25) is 0 Å². The molecule has 5 heteroatoms. The largest absolute Gasteiger partial charge is 0.468 e. The van der Waals surface area contributed by atoms with E-state index in [1.54, 1.807) is 4.68 Å². The molecule has 0 saturated heterocycles. The van der Waals surface area contributed by atoms with Crippen LogP contribution < -0.4 is 5.32 Å². The number of esters is 1. The van der Waals surface area contributed by atoms with Gasteiger partial charge in [-0.3, -0.25) is 14.8 Å². The summed E-state index contributed by atoms with van der Waals surface area (Å²) < 4.78 is 6.61. The van der Waals surface area contributed by atoms with E-state index < -0.39 is 0 Å². The number of aryl methyl sites for hydroxylation is 2. The zero-order chi connectivity index (χ0) is 13.9. The van der Waals surface area contributed by atoms with E-state index in [0.717, 1.165) is 11.3 Å². The highest BCUT2D eigenvalue weighted by molar-refractivity contribution is 5.76. The first-order valence-electron chi connectivity index (χ1n) is 6.06. The normalized spacial score (nSPS) is 13.4. The van der Waals surface area contributed by atoms with Crippen LogP contribution in [0.25, 0.3) is 0 Å². The SMILES string of the molecule is COC(=O)[C@H](NCc1cn(C)nc1C)C(C)(C)C. The molecular weight excluding hydrogens is 230 g/mol. The van der Waals surface area contributed by atoms with E-state index in [9.17, 15) is 4.79 Å². The van der Waals surface area contributed by atoms with Crippen LogP contribution in [0, 0.1) is 12.3 Å². The summed E-state index contributed by atoms with van der Waals surface area (Å²) in [7, 11) is 3.30. The highest BCUT2D eigenvalue weighted by Crippen LogP contribution is 2.21. The Balaban J connectivity index is 2.74. The van der Waals surface area contributed by atoms with E-state index in [1.807, 2.05) is 40.9 Å². The number of rotatable bonds is 4. The van der Waals surface area contributed by atoms with E-state index in [0.29, 0.717) is 6.54 Å². The monoisotopic (exact) mass is 253 g/mol. The third-order valence-corrected chi connectivity index (χ3v) is 2.91. The lowest BCUT2D eigenvalue weighted by atomic mass is 9.86. The zero-order valence-electron chi connectivity index (χ0n) is 12.1. The molecule has 0 bridgehead atoms. The van der Waals surface area contributed by atoms with E-state index in [4.69, 9.17) is 4.74 Å². The Labute approximate surface area is 109 Å². The number of carbonyl (C=O) groups is 1. The predicted octanol–water partition coefficient (Wildman–Crippen LogP) is 1.41. The summed E-state index contributed by atoms with van der Waals surface area (Å²) >= 11 is 0. The smallest absolute Gasteiger partial charge is 0.323 e. The number of methoxy groups -OCH3 is 1. The van der Waals surface area contributed by atoms with Gasteiger partial charge in [0.1, 0.15) is 6.04 Å². The highest BCUT2D eigenvalue weighted by Gasteiger charge is 2.31. The molecule has 1 aromatic heterocycles. The van der Waals surface area contributed by atoms with Crippen LogP contribution in [-0.4, -0.2) is 28.9 Å². The first-order chi connectivity index (χ1) is 8.25. The maximum Gasteiger partial charge on any atom is 0.323 e. The Morgan fingerprint density at radius 3 is 2.56 bits per heavy atom. The molecule has 0 saturated carbocycles. The minimum Gasteiger partial charge on any atom is -0.468 e. The maximum atomic E-state index is 11.8. The van der Waals surface area contributed by atoms with Crippen molar-refractivity contribution >= 4 is 5.97 Å². The molecule has 0 aliphatic rings. The van der Waals surface area contributed by atoms with Gasteiger partial charge in [0.05, 0.1) is 12.8 Å². The summed E-state index contributed by atoms with van der Waals surface area (Å²) in [6.45, 7) is 8.60. The summed E-state index contributed by atoms with van der Waals surface area (Å²) in [5, 5.41) is 7.53. The Morgan fingerprint density at radius 2 is 2.17 bits per heavy atom. The lowest BCUT2D eigenvalue weighted by Gasteiger charge is -2.29. The highest BCUT2D eigenvalue weighted by atomic mass is 16.5. The van der Waals surface area contributed by atoms with Crippen molar-refractivity contribution in [3.63, 3.8) is 0 Å². The molecule has 0 aliphatic heterocycles. The predicted molar refractivity (Wildman–Crippen MR) is 70.0 cm³/mol. The van der Waals surface area contributed by atoms with Crippen LogP contribution in [0.1, 0.15) is 32.0 Å². The van der Waals surface area contributed by atoms with Gasteiger partial charge in [-0.25, -0.2) is 0 Å². The molecular formula is C13H23N3O2. The van der Waals surface area contributed by atoms with Gasteiger partial charge in [-0.15, -0.1) is 0 Å². The Bertz CT molecular complexity index is 418. The van der Waals surface area contributed by atoms with Crippen LogP contribution in [0.2, 0.25) is 0 Å². The molecule has 0 unspecified atom stereocenters. The molecule has 0 aromatic carbocycles. The lowest BCUT2D eigenvalue weighted by Crippen LogP contribution is -2.46. The fourth-order valence-electron chi connectivity index (χ4n) is 1.90. The van der Waals surface area contributed by atoms with Crippen LogP contribution in [0.3, 0.4) is 0 Å². The number of ether oxygens (including phenoxy) is 1. The summed E-state index contributed by atoms with van der Waals surface area (Å²) in [6, 6.07) is -0.331. The van der Waals surface area contributed by atoms with Crippen molar-refractivity contribution < 1.29 is 9.53 Å². The Kier molecular flexibility index (Phi) is 4.51. The second-order valence-corrected chi connectivity index (χ2v) is 5.62. The summed E-state index contributed by atoms with van der Waals surface area (Å²) in [5.74, 6) is -0.232. The molecule has 18 heavy (non-hydrogen) atoms. The molecule has 1 heterocycles. The number of nitrogens with zero attached hydrogens (tertiary/aromatic N) is 2. The van der Waals surface area contributed by atoms with Crippen molar-refractivity contribution in [1.29, 1.82) is 0 Å². The van der Waals surface area contributed by atoms with Gasteiger partial charge >= 0.3 is 5.97 Å². The van der Waals surface area contributed by atoms with Gasteiger partial charge in [0, 0.05) is 25.4 Å². The van der Waals surface area contributed by atoms with E-state index in [-0.39, 0.29) is 17.4 Å². The molecule has 0 amide bonds. The number of aromatic nitrogens is 2. The third kappa shape index (κ3) is 3.57. The van der Waals surface area contributed by atoms with Crippen LogP contribution in [-0.2, 0) is 23.1 Å². The molecule has 0 aliphatic carbocycles. The molecule has 0 fully saturated rings. The van der Waals surface area contributed by atoms with Crippen molar-refractivity contribution in [2.45, 2.75) is 40.3 Å². The number of hydrogen-bond acceptors (Lipinski definition) is 4. The van der Waals surface area contributed by atoms with Crippen molar-refractivity contribution in [3.05, 3.63) is 17.5 Å². The van der Waals surface area contributed by atoms with Crippen molar-refractivity contribution in [2.75, 3.05) is 7.11 Å². The van der Waals surface area contributed by atoms with Gasteiger partial charge in [-0.1, -0.05) is 20.8 Å². The summed E-state index contributed by atoms with van der Waals surface area (Å²) in [5.41, 5.74) is 1.88. The molecule has 0 spiro atoms. The van der Waals surface area contributed by atoms with Gasteiger partial charge in [-0.2, -0.15) is 5.10 Å². The number of hydrogen-bond donors (Lipinski definition) is 1. The van der Waals surface area contributed by atoms with E-state index >= 15 is 0 Å². The van der Waals surface area contributed by atoms with E-state index in [2.05, 4.69) is 10.4 Å². The van der Waals surface area contributed by atoms with Gasteiger partial charge < -0.3 is 4.74 Å². The average Bonchev–Trinajstić information content (AvgIpc) is 2.55. The standard InChI is InChI=1S/C13H23N3O2/c1-9-10(8-16(5)15-9)7-14-11(12(17)18-6)13(2,3)4/h8,11,14H,7H2,1-6H3/t11-/m0/s1. The number of carbonyl (C=O) groups excluding carboxylic acids is 1. The first-order valence-corrected chi connectivity index (χ1v) is 6.06. The zero-order valence-corrected chi connectivity index (χ0v) is 12.1. The second kappa shape index (κ2) is 5.52. The lowest BCUT2D eigenvalue weighted by molar-refractivity contribution is -0.146. The fourth-order valence-corrected chi connectivity index (χ4v) is 1.90. The fraction of sp³-hybridized carbons (Fsp3) is 0.692. The molecule has 0 radical (unpaired) electrons. The van der Waals surface area contributed by atoms with Crippen molar-refractivity contribution in [2.24, 2.45) is 12.5 Å². The topological polar surface area (TPSA) is 56.1 Å². The maximum absolute atomic E-state index is 11.8. The quantitative estimate of drug-likeness (QED) is 0.824. The van der Waals surface area contributed by atoms with Gasteiger partial charge in [-0.05, 0) is 12.3 Å². The molecule has 5 nitrogen and oxygen atoms in total. The summed E-state index contributed by atoms with van der Waals surface area (Å²) in [4.78, 5) is 11.8. The molecule has 1 aromatic rings. The molecule has 102 valence electrons. The van der Waals surface area contributed by atoms with E-state index in [1.165, 1.54) is 7.11 Å². The second-order valence-electron chi connectivity index (χ2n) is 5.62. The minimum atomic E-state index is -0.331. The molecule has 1 rings (SSSR count). The Hall–Kier alpha value is -1.36. The van der Waals surface area contributed by atoms with Crippen LogP contribution >= 0.6 is 0 Å². The number of nitrogens with one attached hydrogen (secondary N) is 1. The van der Waals surface area contributed by atoms with Crippen molar-refractivity contribution in [3.8, 4) is 0 Å². The van der Waals surface area contributed by atoms with Crippen LogP contribution in [0.5, 0.6) is 0 Å². The van der Waals surface area contributed by atoms with Gasteiger partial charge in [0.15, 0.2) is 0 Å². The average molecular weight is 253 g/mol. The summed E-state index contributed by atoms with van der Waals surface area (Å²) in [6.07, 6.45) is 1.96.